The summed E-state index contributed by atoms with van der Waals surface area (Å²) in [5, 5.41) is 5.89. The van der Waals surface area contributed by atoms with Crippen LogP contribution in [-0.4, -0.2) is 13.0 Å². The maximum Gasteiger partial charge on any atom is 0.248 e. The van der Waals surface area contributed by atoms with E-state index < -0.39 is 0 Å². The van der Waals surface area contributed by atoms with Gasteiger partial charge < -0.3 is 10.1 Å². The minimum absolute atomic E-state index is 0.256. The molecule has 0 unspecified atom stereocenters. The van der Waals surface area contributed by atoms with Crippen molar-refractivity contribution in [2.75, 3.05) is 12.4 Å². The average molecular weight is 372 g/mol. The van der Waals surface area contributed by atoms with E-state index in [1.807, 2.05) is 42.5 Å². The summed E-state index contributed by atoms with van der Waals surface area (Å²) >= 11 is 12.1. The van der Waals surface area contributed by atoms with E-state index in [4.69, 9.17) is 27.9 Å². The van der Waals surface area contributed by atoms with Crippen molar-refractivity contribution in [2.24, 2.45) is 0 Å². The maximum atomic E-state index is 12.2. The SMILES string of the molecule is COc1c(Cl)cc(Cl)cc1/C=C/C(=O)Nc1ccc2ccccc2c1. The van der Waals surface area contributed by atoms with Crippen LogP contribution in [0, 0.1) is 0 Å². The number of anilines is 1. The first kappa shape index (κ1) is 17.3. The lowest BCUT2D eigenvalue weighted by Crippen LogP contribution is -2.07. The van der Waals surface area contributed by atoms with Crippen LogP contribution in [0.2, 0.25) is 10.0 Å². The number of carbonyl (C=O) groups excluding carboxylic acids is 1. The quantitative estimate of drug-likeness (QED) is 0.587. The van der Waals surface area contributed by atoms with E-state index in [9.17, 15) is 4.79 Å². The largest absolute Gasteiger partial charge is 0.495 e. The molecule has 1 amide bonds. The van der Waals surface area contributed by atoms with Crippen molar-refractivity contribution in [1.29, 1.82) is 0 Å². The van der Waals surface area contributed by atoms with Gasteiger partial charge in [0.05, 0.1) is 12.1 Å². The summed E-state index contributed by atoms with van der Waals surface area (Å²) in [5.74, 6) is 0.217. The predicted molar refractivity (Wildman–Crippen MR) is 105 cm³/mol. The third kappa shape index (κ3) is 4.13. The number of hydrogen-bond donors (Lipinski definition) is 1. The molecule has 3 nitrogen and oxygen atoms in total. The Hall–Kier alpha value is -2.49. The predicted octanol–water partition coefficient (Wildman–Crippen LogP) is 5.81. The van der Waals surface area contributed by atoms with Crippen LogP contribution in [-0.2, 0) is 4.79 Å². The molecule has 0 spiro atoms. The van der Waals surface area contributed by atoms with Crippen LogP contribution in [0.15, 0.2) is 60.7 Å². The lowest BCUT2D eigenvalue weighted by atomic mass is 10.1. The number of amides is 1. The summed E-state index contributed by atoms with van der Waals surface area (Å²) in [6.45, 7) is 0. The second-order valence-corrected chi connectivity index (χ2v) is 6.24. The molecular weight excluding hydrogens is 357 g/mol. The molecule has 0 atom stereocenters. The van der Waals surface area contributed by atoms with Gasteiger partial charge in [-0.25, -0.2) is 0 Å². The molecule has 0 aliphatic heterocycles. The highest BCUT2D eigenvalue weighted by atomic mass is 35.5. The van der Waals surface area contributed by atoms with Gasteiger partial charge in [-0.05, 0) is 41.1 Å². The number of hydrogen-bond acceptors (Lipinski definition) is 2. The summed E-state index contributed by atoms with van der Waals surface area (Å²) < 4.78 is 5.26. The van der Waals surface area contributed by atoms with Gasteiger partial charge in [-0.3, -0.25) is 4.79 Å². The number of fused-ring (bicyclic) bond motifs is 1. The van der Waals surface area contributed by atoms with Crippen molar-refractivity contribution >= 4 is 51.6 Å². The zero-order chi connectivity index (χ0) is 17.8. The standard InChI is InChI=1S/C20H15Cl2NO2/c1-25-20-15(10-16(21)12-18(20)22)7-9-19(24)23-17-8-6-13-4-2-3-5-14(13)11-17/h2-12H,1H3,(H,23,24)/b9-7+. The third-order valence-corrected chi connectivity index (χ3v) is 4.17. The number of halogens is 2. The van der Waals surface area contributed by atoms with Gasteiger partial charge in [0.25, 0.3) is 0 Å². The number of methoxy groups -OCH3 is 1. The van der Waals surface area contributed by atoms with Gasteiger partial charge >= 0.3 is 0 Å². The van der Waals surface area contributed by atoms with Crippen LogP contribution in [0.25, 0.3) is 16.8 Å². The van der Waals surface area contributed by atoms with Crippen LogP contribution in [0.4, 0.5) is 5.69 Å². The maximum absolute atomic E-state index is 12.2. The molecule has 3 aromatic carbocycles. The Morgan fingerprint density at radius 3 is 2.56 bits per heavy atom. The fourth-order valence-electron chi connectivity index (χ4n) is 2.54. The Morgan fingerprint density at radius 2 is 1.80 bits per heavy atom. The highest BCUT2D eigenvalue weighted by molar-refractivity contribution is 6.36. The van der Waals surface area contributed by atoms with Gasteiger partial charge in [-0.2, -0.15) is 0 Å². The first-order valence-electron chi connectivity index (χ1n) is 7.58. The van der Waals surface area contributed by atoms with Gasteiger partial charge in [0.15, 0.2) is 0 Å². The highest BCUT2D eigenvalue weighted by Crippen LogP contribution is 2.33. The Labute approximate surface area is 155 Å². The Bertz CT molecular complexity index is 967. The molecule has 0 saturated carbocycles. The molecule has 25 heavy (non-hydrogen) atoms. The fraction of sp³-hybridized carbons (Fsp3) is 0.0500. The molecule has 3 aromatic rings. The minimum Gasteiger partial charge on any atom is -0.495 e. The summed E-state index contributed by atoms with van der Waals surface area (Å²) in [6.07, 6.45) is 3.03. The van der Waals surface area contributed by atoms with Gasteiger partial charge in [0.2, 0.25) is 5.91 Å². The number of nitrogens with one attached hydrogen (secondary N) is 1. The topological polar surface area (TPSA) is 38.3 Å². The van der Waals surface area contributed by atoms with Gasteiger partial charge in [0, 0.05) is 22.3 Å². The van der Waals surface area contributed by atoms with Crippen molar-refractivity contribution in [2.45, 2.75) is 0 Å². The van der Waals surface area contributed by atoms with E-state index in [0.29, 0.717) is 21.4 Å². The first-order chi connectivity index (χ1) is 12.1. The van der Waals surface area contributed by atoms with Crippen molar-refractivity contribution < 1.29 is 9.53 Å². The van der Waals surface area contributed by atoms with Gasteiger partial charge in [0.1, 0.15) is 5.75 Å². The molecule has 1 N–H and O–H groups in total. The van der Waals surface area contributed by atoms with E-state index in [1.165, 1.54) is 13.2 Å². The molecule has 0 radical (unpaired) electrons. The van der Waals surface area contributed by atoms with Crippen LogP contribution in [0.5, 0.6) is 5.75 Å². The average Bonchev–Trinajstić information content (AvgIpc) is 2.59. The zero-order valence-electron chi connectivity index (χ0n) is 13.4. The molecule has 3 rings (SSSR count). The van der Waals surface area contributed by atoms with E-state index in [1.54, 1.807) is 18.2 Å². The monoisotopic (exact) mass is 371 g/mol. The Morgan fingerprint density at radius 1 is 1.04 bits per heavy atom. The second-order valence-electron chi connectivity index (χ2n) is 5.39. The third-order valence-electron chi connectivity index (χ3n) is 3.67. The van der Waals surface area contributed by atoms with E-state index >= 15 is 0 Å². The fourth-order valence-corrected chi connectivity index (χ4v) is 3.12. The van der Waals surface area contributed by atoms with E-state index in [-0.39, 0.29) is 5.91 Å². The van der Waals surface area contributed by atoms with Crippen LogP contribution >= 0.6 is 23.2 Å². The lowest BCUT2D eigenvalue weighted by Gasteiger charge is -2.08. The Balaban J connectivity index is 1.79. The summed E-state index contributed by atoms with van der Waals surface area (Å²) in [7, 11) is 1.52. The second kappa shape index (κ2) is 7.60. The van der Waals surface area contributed by atoms with E-state index in [2.05, 4.69) is 5.32 Å². The van der Waals surface area contributed by atoms with Gasteiger partial charge in [-0.15, -0.1) is 0 Å². The molecule has 0 heterocycles. The number of benzene rings is 3. The van der Waals surface area contributed by atoms with Crippen LogP contribution in [0.3, 0.4) is 0 Å². The summed E-state index contributed by atoms with van der Waals surface area (Å²) in [6, 6.07) is 17.0. The molecule has 0 fully saturated rings. The molecule has 0 aliphatic rings. The highest BCUT2D eigenvalue weighted by Gasteiger charge is 2.08. The van der Waals surface area contributed by atoms with Gasteiger partial charge in [-0.1, -0.05) is 53.5 Å². The smallest absolute Gasteiger partial charge is 0.248 e. The molecular formula is C20H15Cl2NO2. The number of carbonyl (C=O) groups is 1. The van der Waals surface area contributed by atoms with E-state index in [0.717, 1.165) is 16.5 Å². The normalized spacial score (nSPS) is 11.0. The summed E-state index contributed by atoms with van der Waals surface area (Å²) in [5.41, 5.74) is 1.36. The molecule has 0 aliphatic carbocycles. The summed E-state index contributed by atoms with van der Waals surface area (Å²) in [4.78, 5) is 12.2. The van der Waals surface area contributed by atoms with Crippen LogP contribution < -0.4 is 10.1 Å². The van der Waals surface area contributed by atoms with Crippen molar-refractivity contribution in [3.8, 4) is 5.75 Å². The lowest BCUT2D eigenvalue weighted by molar-refractivity contribution is -0.111. The first-order valence-corrected chi connectivity index (χ1v) is 8.33. The van der Waals surface area contributed by atoms with Crippen LogP contribution in [0.1, 0.15) is 5.56 Å². The Kier molecular flexibility index (Phi) is 5.27. The molecule has 126 valence electrons. The van der Waals surface area contributed by atoms with Crippen molar-refractivity contribution in [3.05, 3.63) is 76.3 Å². The minimum atomic E-state index is -0.256. The van der Waals surface area contributed by atoms with Crippen molar-refractivity contribution in [3.63, 3.8) is 0 Å². The molecule has 0 bridgehead atoms. The molecule has 0 aromatic heterocycles. The zero-order valence-corrected chi connectivity index (χ0v) is 14.9. The number of rotatable bonds is 4. The van der Waals surface area contributed by atoms with Crippen molar-refractivity contribution in [1.82, 2.24) is 0 Å². The molecule has 5 heteroatoms. The molecule has 0 saturated heterocycles. The number of ether oxygens (including phenoxy) is 1.